The number of nitrogens with one attached hydrogen (secondary N) is 2. The molecule has 2 aromatic carbocycles. The quantitative estimate of drug-likeness (QED) is 0.549. The minimum absolute atomic E-state index is 0.124. The molecule has 0 spiro atoms. The first-order valence-corrected chi connectivity index (χ1v) is 10.3. The minimum atomic E-state index is -0.496. The molecule has 2 N–H and O–H groups in total. The van der Waals surface area contributed by atoms with Crippen molar-refractivity contribution in [1.29, 1.82) is 0 Å². The number of ether oxygens (including phenoxy) is 1. The summed E-state index contributed by atoms with van der Waals surface area (Å²) < 4.78 is 5.08. The molecular weight excluding hydrogens is 394 g/mol. The van der Waals surface area contributed by atoms with Gasteiger partial charge in [-0.15, -0.1) is 0 Å². The number of benzene rings is 2. The number of para-hydroxylation sites is 2. The van der Waals surface area contributed by atoms with E-state index < -0.39 is 18.5 Å². The second kappa shape index (κ2) is 9.38. The van der Waals surface area contributed by atoms with Gasteiger partial charge in [0.2, 0.25) is 0 Å². The molecule has 3 aromatic rings. The van der Waals surface area contributed by atoms with E-state index in [1.165, 1.54) is 0 Å². The molecule has 1 heterocycles. The highest BCUT2D eigenvalue weighted by Crippen LogP contribution is 2.21. The van der Waals surface area contributed by atoms with Gasteiger partial charge < -0.3 is 15.4 Å². The summed E-state index contributed by atoms with van der Waals surface area (Å²) in [6.45, 7) is -0.414. The molecule has 7 heteroatoms. The third-order valence-electron chi connectivity index (χ3n) is 4.96. The number of carbonyl (C=O) groups is 3. The Bertz CT molecular complexity index is 1120. The zero-order valence-corrected chi connectivity index (χ0v) is 17.0. The van der Waals surface area contributed by atoms with E-state index in [9.17, 15) is 14.4 Å². The average molecular weight is 417 g/mol. The summed E-state index contributed by atoms with van der Waals surface area (Å²) in [5.41, 5.74) is 2.44. The van der Waals surface area contributed by atoms with Crippen LogP contribution in [0.5, 0.6) is 0 Å². The van der Waals surface area contributed by atoms with Gasteiger partial charge in [0.15, 0.2) is 6.61 Å². The normalized spacial score (nSPS) is 12.9. The Morgan fingerprint density at radius 2 is 1.74 bits per heavy atom. The number of anilines is 1. The molecule has 0 unspecified atom stereocenters. The van der Waals surface area contributed by atoms with Gasteiger partial charge in [-0.05, 0) is 37.1 Å². The molecule has 1 aliphatic carbocycles. The van der Waals surface area contributed by atoms with Gasteiger partial charge in [-0.3, -0.25) is 19.4 Å². The lowest BCUT2D eigenvalue weighted by molar-refractivity contribution is -0.147. The van der Waals surface area contributed by atoms with E-state index in [4.69, 9.17) is 4.74 Å². The first-order chi connectivity index (χ1) is 15.1. The first-order valence-electron chi connectivity index (χ1n) is 10.3. The minimum Gasteiger partial charge on any atom is -0.456 e. The molecular formula is C24H23N3O4. The van der Waals surface area contributed by atoms with Crippen molar-refractivity contribution in [2.45, 2.75) is 31.7 Å². The number of aryl methyl sites for hydroxylation is 1. The zero-order valence-electron chi connectivity index (χ0n) is 17.0. The molecule has 0 bridgehead atoms. The van der Waals surface area contributed by atoms with E-state index in [2.05, 4.69) is 15.6 Å². The Balaban J connectivity index is 1.25. The lowest BCUT2D eigenvalue weighted by atomic mass is 10.1. The van der Waals surface area contributed by atoms with Crippen molar-refractivity contribution in [2.24, 2.45) is 0 Å². The van der Waals surface area contributed by atoms with Crippen LogP contribution in [0.25, 0.3) is 10.9 Å². The standard InChI is InChI=1S/C24H23N3O4/c28-22(27-21-8-4-2-6-19(21)24(30)26-18-11-12-18)15-31-23(29)14-13-17-10-9-16-5-1-3-7-20(16)25-17/h1-10,18H,11-15H2,(H,26,30)(H,27,28). The third-order valence-corrected chi connectivity index (χ3v) is 4.96. The van der Waals surface area contributed by atoms with Crippen LogP contribution in [0.2, 0.25) is 0 Å². The topological polar surface area (TPSA) is 97.4 Å². The Kier molecular flexibility index (Phi) is 6.21. The number of hydrogen-bond donors (Lipinski definition) is 2. The molecule has 31 heavy (non-hydrogen) atoms. The van der Waals surface area contributed by atoms with Gasteiger partial charge in [0.1, 0.15) is 0 Å². The van der Waals surface area contributed by atoms with Crippen molar-refractivity contribution in [3.8, 4) is 0 Å². The zero-order chi connectivity index (χ0) is 21.6. The number of esters is 1. The number of amides is 2. The SMILES string of the molecule is O=C(COC(=O)CCc1ccc2ccccc2n1)Nc1ccccc1C(=O)NC1CC1. The molecule has 1 aromatic heterocycles. The summed E-state index contributed by atoms with van der Waals surface area (Å²) >= 11 is 0. The van der Waals surface area contributed by atoms with Crippen molar-refractivity contribution < 1.29 is 19.1 Å². The van der Waals surface area contributed by atoms with E-state index in [0.29, 0.717) is 17.7 Å². The second-order valence-electron chi connectivity index (χ2n) is 7.50. The van der Waals surface area contributed by atoms with Gasteiger partial charge in [0.05, 0.1) is 23.2 Å². The van der Waals surface area contributed by atoms with Crippen LogP contribution in [0.15, 0.2) is 60.7 Å². The highest BCUT2D eigenvalue weighted by atomic mass is 16.5. The van der Waals surface area contributed by atoms with Crippen LogP contribution >= 0.6 is 0 Å². The summed E-state index contributed by atoms with van der Waals surface area (Å²) in [7, 11) is 0. The number of nitrogens with zero attached hydrogens (tertiary/aromatic N) is 1. The van der Waals surface area contributed by atoms with Crippen molar-refractivity contribution in [1.82, 2.24) is 10.3 Å². The smallest absolute Gasteiger partial charge is 0.306 e. The monoisotopic (exact) mass is 417 g/mol. The molecule has 0 radical (unpaired) electrons. The van der Waals surface area contributed by atoms with Crippen LogP contribution in [0.4, 0.5) is 5.69 Å². The van der Waals surface area contributed by atoms with E-state index in [-0.39, 0.29) is 18.4 Å². The predicted molar refractivity (Wildman–Crippen MR) is 117 cm³/mol. The Labute approximate surface area is 179 Å². The molecule has 0 aliphatic heterocycles. The highest BCUT2D eigenvalue weighted by molar-refractivity contribution is 6.04. The van der Waals surface area contributed by atoms with E-state index in [0.717, 1.165) is 29.4 Å². The summed E-state index contributed by atoms with van der Waals surface area (Å²) in [5, 5.41) is 6.58. The van der Waals surface area contributed by atoms with Crippen molar-refractivity contribution in [3.63, 3.8) is 0 Å². The average Bonchev–Trinajstić information content (AvgIpc) is 3.60. The molecule has 7 nitrogen and oxygen atoms in total. The number of hydrogen-bond acceptors (Lipinski definition) is 5. The summed E-state index contributed by atoms with van der Waals surface area (Å²) in [6, 6.07) is 18.6. The first kappa shape index (κ1) is 20.5. The number of carbonyl (C=O) groups excluding carboxylic acids is 3. The van der Waals surface area contributed by atoms with Crippen molar-refractivity contribution >= 4 is 34.4 Å². The molecule has 1 fully saturated rings. The Hall–Kier alpha value is -3.74. The summed E-state index contributed by atoms with van der Waals surface area (Å²) in [5.74, 6) is -1.20. The fourth-order valence-corrected chi connectivity index (χ4v) is 3.16. The molecule has 4 rings (SSSR count). The maximum absolute atomic E-state index is 12.3. The van der Waals surface area contributed by atoms with Crippen LogP contribution in [-0.2, 0) is 20.7 Å². The van der Waals surface area contributed by atoms with Crippen LogP contribution < -0.4 is 10.6 Å². The van der Waals surface area contributed by atoms with Crippen molar-refractivity contribution in [2.75, 3.05) is 11.9 Å². The number of aromatic nitrogens is 1. The van der Waals surface area contributed by atoms with Gasteiger partial charge in [0, 0.05) is 23.5 Å². The van der Waals surface area contributed by atoms with Crippen LogP contribution in [0.1, 0.15) is 35.3 Å². The second-order valence-corrected chi connectivity index (χ2v) is 7.50. The third kappa shape index (κ3) is 5.66. The summed E-state index contributed by atoms with van der Waals surface area (Å²) in [4.78, 5) is 41.1. The Morgan fingerprint density at radius 3 is 2.58 bits per heavy atom. The maximum Gasteiger partial charge on any atom is 0.306 e. The van der Waals surface area contributed by atoms with E-state index >= 15 is 0 Å². The van der Waals surface area contributed by atoms with Crippen LogP contribution in [-0.4, -0.2) is 35.4 Å². The number of pyridine rings is 1. The lowest BCUT2D eigenvalue weighted by Crippen LogP contribution is -2.28. The molecule has 2 amide bonds. The Morgan fingerprint density at radius 1 is 0.968 bits per heavy atom. The molecule has 0 saturated heterocycles. The highest BCUT2D eigenvalue weighted by Gasteiger charge is 2.25. The van der Waals surface area contributed by atoms with E-state index in [1.54, 1.807) is 24.3 Å². The van der Waals surface area contributed by atoms with Gasteiger partial charge in [0.25, 0.3) is 11.8 Å². The summed E-state index contributed by atoms with van der Waals surface area (Å²) in [6.07, 6.45) is 2.50. The largest absolute Gasteiger partial charge is 0.456 e. The number of fused-ring (bicyclic) bond motifs is 1. The van der Waals surface area contributed by atoms with Gasteiger partial charge >= 0.3 is 5.97 Å². The van der Waals surface area contributed by atoms with Crippen molar-refractivity contribution in [3.05, 3.63) is 71.9 Å². The maximum atomic E-state index is 12.3. The molecule has 1 aliphatic rings. The predicted octanol–water partition coefficient (Wildman–Crippen LogP) is 3.24. The fourth-order valence-electron chi connectivity index (χ4n) is 3.16. The van der Waals surface area contributed by atoms with Gasteiger partial charge in [-0.25, -0.2) is 0 Å². The van der Waals surface area contributed by atoms with Crippen LogP contribution in [0.3, 0.4) is 0 Å². The molecule has 0 atom stereocenters. The van der Waals surface area contributed by atoms with E-state index in [1.807, 2.05) is 36.4 Å². The molecule has 1 saturated carbocycles. The van der Waals surface area contributed by atoms with Gasteiger partial charge in [-0.2, -0.15) is 0 Å². The van der Waals surface area contributed by atoms with Gasteiger partial charge in [-0.1, -0.05) is 36.4 Å². The lowest BCUT2D eigenvalue weighted by Gasteiger charge is -2.11. The number of rotatable bonds is 8. The fraction of sp³-hybridized carbons (Fsp3) is 0.250. The van der Waals surface area contributed by atoms with Crippen LogP contribution in [0, 0.1) is 0 Å². The molecule has 158 valence electrons.